The number of thioether (sulfide) groups is 1. The van der Waals surface area contributed by atoms with Crippen LogP contribution in [0.25, 0.3) is 0 Å². The molecule has 0 aliphatic heterocycles. The Morgan fingerprint density at radius 1 is 1.59 bits per heavy atom. The number of aromatic nitrogens is 2. The van der Waals surface area contributed by atoms with E-state index in [2.05, 4.69) is 26.7 Å². The van der Waals surface area contributed by atoms with Gasteiger partial charge in [-0.15, -0.1) is 0 Å². The van der Waals surface area contributed by atoms with E-state index >= 15 is 0 Å². The van der Waals surface area contributed by atoms with E-state index in [0.29, 0.717) is 6.04 Å². The van der Waals surface area contributed by atoms with Gasteiger partial charge in [0.25, 0.3) is 0 Å². The molecule has 0 saturated heterocycles. The third-order valence-corrected chi connectivity index (χ3v) is 4.96. The summed E-state index contributed by atoms with van der Waals surface area (Å²) in [6, 6.07) is 0.321. The molecule has 0 radical (unpaired) electrons. The van der Waals surface area contributed by atoms with Crippen molar-refractivity contribution in [3.8, 4) is 0 Å². The maximum atomic E-state index is 5.62. The molecule has 0 bridgehead atoms. The second-order valence-corrected chi connectivity index (χ2v) is 6.10. The molecule has 4 nitrogen and oxygen atoms in total. The van der Waals surface area contributed by atoms with Crippen LogP contribution >= 0.6 is 11.8 Å². The van der Waals surface area contributed by atoms with Crippen LogP contribution in [0.15, 0.2) is 12.4 Å². The van der Waals surface area contributed by atoms with E-state index in [0.717, 1.165) is 23.2 Å². The summed E-state index contributed by atoms with van der Waals surface area (Å²) < 4.78 is 2.06. The summed E-state index contributed by atoms with van der Waals surface area (Å²) in [5.74, 6) is 7.80. The molecule has 5 heteroatoms. The topological polar surface area (TPSA) is 55.9 Å². The number of rotatable bonds is 6. The normalized spacial score (nSPS) is 18.7. The molecule has 1 aliphatic carbocycles. The molecule has 0 amide bonds. The molecule has 1 aliphatic rings. The van der Waals surface area contributed by atoms with Gasteiger partial charge in [0, 0.05) is 42.9 Å². The summed E-state index contributed by atoms with van der Waals surface area (Å²) in [6.07, 6.45) is 10.3. The number of hydrogen-bond acceptors (Lipinski definition) is 4. The third kappa shape index (κ3) is 3.72. The Kier molecular flexibility index (Phi) is 4.88. The lowest BCUT2D eigenvalue weighted by Crippen LogP contribution is -2.39. The summed E-state index contributed by atoms with van der Waals surface area (Å²) >= 11 is 2.06. The maximum Gasteiger partial charge on any atom is 0.110 e. The standard InChI is InChI=1S/C12H22N4S/c1-16-7-6-14-12(16)8-10(15-13)9-17-11-4-2-3-5-11/h6-7,10-11,15H,2-5,8-9,13H2,1H3. The summed E-state index contributed by atoms with van der Waals surface area (Å²) in [7, 11) is 2.03. The van der Waals surface area contributed by atoms with Crippen LogP contribution in [0.2, 0.25) is 0 Å². The lowest BCUT2D eigenvalue weighted by atomic mass is 10.2. The number of imidazole rings is 1. The fourth-order valence-corrected chi connectivity index (χ4v) is 3.67. The van der Waals surface area contributed by atoms with Gasteiger partial charge in [-0.1, -0.05) is 12.8 Å². The van der Waals surface area contributed by atoms with Crippen molar-refractivity contribution < 1.29 is 0 Å². The van der Waals surface area contributed by atoms with E-state index in [9.17, 15) is 0 Å². The van der Waals surface area contributed by atoms with Gasteiger partial charge in [-0.05, 0) is 12.8 Å². The first-order valence-electron chi connectivity index (χ1n) is 6.33. The van der Waals surface area contributed by atoms with Gasteiger partial charge < -0.3 is 4.57 Å². The van der Waals surface area contributed by atoms with E-state index in [-0.39, 0.29) is 0 Å². The number of hydrogen-bond donors (Lipinski definition) is 2. The molecule has 3 N–H and O–H groups in total. The molecule has 17 heavy (non-hydrogen) atoms. The average molecular weight is 254 g/mol. The molecule has 1 fully saturated rings. The summed E-state index contributed by atoms with van der Waals surface area (Å²) in [4.78, 5) is 4.34. The molecule has 2 rings (SSSR count). The molecule has 0 spiro atoms. The Labute approximate surface area is 107 Å². The minimum atomic E-state index is 0.321. The summed E-state index contributed by atoms with van der Waals surface area (Å²) in [5.41, 5.74) is 2.92. The van der Waals surface area contributed by atoms with Crippen molar-refractivity contribution in [2.24, 2.45) is 12.9 Å². The van der Waals surface area contributed by atoms with E-state index in [1.807, 2.05) is 19.4 Å². The fraction of sp³-hybridized carbons (Fsp3) is 0.750. The Morgan fingerprint density at radius 2 is 2.35 bits per heavy atom. The van der Waals surface area contributed by atoms with Crippen LogP contribution in [0.4, 0.5) is 0 Å². The number of nitrogens with two attached hydrogens (primary N) is 1. The van der Waals surface area contributed by atoms with Crippen LogP contribution in [0.1, 0.15) is 31.5 Å². The van der Waals surface area contributed by atoms with Gasteiger partial charge in [0.2, 0.25) is 0 Å². The Bertz CT molecular complexity index is 333. The van der Waals surface area contributed by atoms with Crippen molar-refractivity contribution >= 4 is 11.8 Å². The van der Waals surface area contributed by atoms with Crippen LogP contribution in [0, 0.1) is 0 Å². The van der Waals surface area contributed by atoms with Gasteiger partial charge in [0.1, 0.15) is 5.82 Å². The highest BCUT2D eigenvalue weighted by molar-refractivity contribution is 7.99. The second-order valence-electron chi connectivity index (χ2n) is 4.76. The zero-order valence-electron chi connectivity index (χ0n) is 10.4. The van der Waals surface area contributed by atoms with Gasteiger partial charge in [-0.3, -0.25) is 11.3 Å². The highest BCUT2D eigenvalue weighted by Gasteiger charge is 2.18. The monoisotopic (exact) mass is 254 g/mol. The fourth-order valence-electron chi connectivity index (χ4n) is 2.29. The van der Waals surface area contributed by atoms with E-state index < -0.39 is 0 Å². The van der Waals surface area contributed by atoms with Gasteiger partial charge in [-0.25, -0.2) is 4.98 Å². The lowest BCUT2D eigenvalue weighted by molar-refractivity contribution is 0.551. The first-order valence-corrected chi connectivity index (χ1v) is 7.38. The number of nitrogens with one attached hydrogen (secondary N) is 1. The molecule has 96 valence electrons. The van der Waals surface area contributed by atoms with Gasteiger partial charge in [0.15, 0.2) is 0 Å². The molecular weight excluding hydrogens is 232 g/mol. The predicted molar refractivity (Wildman–Crippen MR) is 72.7 cm³/mol. The van der Waals surface area contributed by atoms with Crippen LogP contribution in [0.3, 0.4) is 0 Å². The number of aryl methyl sites for hydroxylation is 1. The zero-order valence-corrected chi connectivity index (χ0v) is 11.2. The van der Waals surface area contributed by atoms with Gasteiger partial charge in [0.05, 0.1) is 0 Å². The average Bonchev–Trinajstić information content (AvgIpc) is 2.96. The summed E-state index contributed by atoms with van der Waals surface area (Å²) in [5, 5.41) is 0.854. The third-order valence-electron chi connectivity index (χ3n) is 3.42. The van der Waals surface area contributed by atoms with Gasteiger partial charge in [-0.2, -0.15) is 11.8 Å². The van der Waals surface area contributed by atoms with Crippen molar-refractivity contribution in [1.82, 2.24) is 15.0 Å². The van der Waals surface area contributed by atoms with E-state index in [4.69, 9.17) is 5.84 Å². The molecule has 1 aromatic rings. The second kappa shape index (κ2) is 6.42. The van der Waals surface area contributed by atoms with Crippen molar-refractivity contribution in [3.63, 3.8) is 0 Å². The largest absolute Gasteiger partial charge is 0.338 e. The van der Waals surface area contributed by atoms with Crippen LogP contribution in [0.5, 0.6) is 0 Å². The molecule has 1 aromatic heterocycles. The van der Waals surface area contributed by atoms with Crippen molar-refractivity contribution in [3.05, 3.63) is 18.2 Å². The number of nitrogens with zero attached hydrogens (tertiary/aromatic N) is 2. The molecular formula is C12H22N4S. The molecule has 1 unspecified atom stereocenters. The van der Waals surface area contributed by atoms with Crippen LogP contribution in [-0.4, -0.2) is 26.6 Å². The highest BCUT2D eigenvalue weighted by atomic mass is 32.2. The predicted octanol–water partition coefficient (Wildman–Crippen LogP) is 1.47. The molecule has 1 heterocycles. The Morgan fingerprint density at radius 3 is 2.94 bits per heavy atom. The quantitative estimate of drug-likeness (QED) is 0.596. The smallest absolute Gasteiger partial charge is 0.110 e. The first kappa shape index (κ1) is 12.9. The first-order chi connectivity index (χ1) is 8.29. The minimum Gasteiger partial charge on any atom is -0.338 e. The Balaban J connectivity index is 1.78. The van der Waals surface area contributed by atoms with E-state index in [1.165, 1.54) is 25.7 Å². The summed E-state index contributed by atoms with van der Waals surface area (Å²) in [6.45, 7) is 0. The number of hydrazine groups is 1. The zero-order chi connectivity index (χ0) is 12.1. The van der Waals surface area contributed by atoms with Crippen molar-refractivity contribution in [2.45, 2.75) is 43.4 Å². The maximum absolute atomic E-state index is 5.62. The minimum absolute atomic E-state index is 0.321. The van der Waals surface area contributed by atoms with Crippen molar-refractivity contribution in [1.29, 1.82) is 0 Å². The van der Waals surface area contributed by atoms with E-state index in [1.54, 1.807) is 0 Å². The van der Waals surface area contributed by atoms with Crippen molar-refractivity contribution in [2.75, 3.05) is 5.75 Å². The SMILES string of the molecule is Cn1ccnc1CC(CSC1CCCC1)NN. The Hall–Kier alpha value is -0.520. The van der Waals surface area contributed by atoms with Gasteiger partial charge >= 0.3 is 0 Å². The van der Waals surface area contributed by atoms with Crippen LogP contribution < -0.4 is 11.3 Å². The highest BCUT2D eigenvalue weighted by Crippen LogP contribution is 2.29. The molecule has 1 saturated carbocycles. The van der Waals surface area contributed by atoms with Crippen LogP contribution in [-0.2, 0) is 13.5 Å². The molecule has 1 atom stereocenters. The molecule has 0 aromatic carbocycles. The lowest BCUT2D eigenvalue weighted by Gasteiger charge is -2.17.